The number of hydrogen-bond acceptors (Lipinski definition) is 3. The molecule has 0 aliphatic carbocycles. The number of para-hydroxylation sites is 3. The van der Waals surface area contributed by atoms with Gasteiger partial charge in [-0.1, -0.05) is 150 Å². The van der Waals surface area contributed by atoms with Gasteiger partial charge in [0.25, 0.3) is 0 Å². The number of rotatable bonds is 8. The normalized spacial score (nSPS) is 11.0. The van der Waals surface area contributed by atoms with Crippen molar-refractivity contribution in [2.24, 2.45) is 0 Å². The van der Waals surface area contributed by atoms with Crippen molar-refractivity contribution in [3.05, 3.63) is 205 Å². The molecule has 4 nitrogen and oxygen atoms in total. The molecule has 0 atom stereocenters. The molecule has 0 aliphatic rings. The van der Waals surface area contributed by atoms with Crippen LogP contribution in [0.1, 0.15) is 11.1 Å². The molecule has 262 valence electrons. The van der Waals surface area contributed by atoms with Crippen LogP contribution >= 0.6 is 0 Å². The van der Waals surface area contributed by atoms with Crippen molar-refractivity contribution in [1.29, 1.82) is 0 Å². The fourth-order valence-electron chi connectivity index (χ4n) is 7.05. The first-order chi connectivity index (χ1) is 26.2. The number of pyridine rings is 1. The number of imidazole rings is 1. The Morgan fingerprint density at radius 3 is 1.91 bits per heavy atom. The average molecular weight is 876 g/mol. The van der Waals surface area contributed by atoms with E-state index in [0.29, 0.717) is 11.4 Å². The van der Waals surface area contributed by atoms with Crippen LogP contribution in [-0.4, -0.2) is 19.6 Å². The van der Waals surface area contributed by atoms with E-state index in [1.807, 2.05) is 54.7 Å². The van der Waals surface area contributed by atoms with Gasteiger partial charge in [0.1, 0.15) is 11.6 Å². The summed E-state index contributed by atoms with van der Waals surface area (Å²) in [6.45, 7) is 0. The summed E-state index contributed by atoms with van der Waals surface area (Å²) in [6.07, 6.45) is 2.75. The molecular formula is C49H34N3OPt-. The van der Waals surface area contributed by atoms with Gasteiger partial charge in [-0.05, 0) is 70.6 Å². The molecule has 2 heterocycles. The molecule has 0 fully saturated rings. The van der Waals surface area contributed by atoms with Gasteiger partial charge >= 0.3 is 0 Å². The van der Waals surface area contributed by atoms with Gasteiger partial charge in [-0.15, -0.1) is 23.8 Å². The van der Waals surface area contributed by atoms with Gasteiger partial charge in [-0.25, -0.2) is 4.98 Å². The third-order valence-corrected chi connectivity index (χ3v) is 9.69. The summed E-state index contributed by atoms with van der Waals surface area (Å²) in [5.41, 5.74) is 13.9. The maximum absolute atomic E-state index is 11.0. The van der Waals surface area contributed by atoms with Crippen molar-refractivity contribution < 1.29 is 26.2 Å². The molecule has 54 heavy (non-hydrogen) atoms. The summed E-state index contributed by atoms with van der Waals surface area (Å²) in [4.78, 5) is 10.1. The summed E-state index contributed by atoms with van der Waals surface area (Å²) in [5, 5.41) is 11.0. The van der Waals surface area contributed by atoms with Crippen LogP contribution in [0.4, 0.5) is 0 Å². The molecule has 0 saturated heterocycles. The second-order valence-corrected chi connectivity index (χ2v) is 13.1. The summed E-state index contributed by atoms with van der Waals surface area (Å²) in [7, 11) is 0. The maximum atomic E-state index is 11.0. The van der Waals surface area contributed by atoms with Crippen molar-refractivity contribution in [3.8, 4) is 67.5 Å². The Morgan fingerprint density at radius 2 is 1.15 bits per heavy atom. The molecule has 0 saturated carbocycles. The minimum atomic E-state index is 0. The van der Waals surface area contributed by atoms with Crippen molar-refractivity contribution >= 4 is 11.0 Å². The van der Waals surface area contributed by atoms with Gasteiger partial charge in [0.2, 0.25) is 0 Å². The zero-order chi connectivity index (χ0) is 35.6. The molecule has 0 bridgehead atoms. The molecule has 1 N–H and O–H groups in total. The smallest absolute Gasteiger partial charge is 0.148 e. The zero-order valence-electron chi connectivity index (χ0n) is 29.2. The first-order valence-electron chi connectivity index (χ1n) is 17.8. The van der Waals surface area contributed by atoms with E-state index in [4.69, 9.17) is 9.97 Å². The SMILES string of the molecule is Oc1ccccc1-c1nc2c(-c3[c-]c(-c4cc(-c5ccccc5)ccn4)cc(-c4ccc(Cc5ccccc5)cc4)c3)cccc2n1-c1ccccc1.[Pt]. The van der Waals surface area contributed by atoms with Crippen molar-refractivity contribution in [1.82, 2.24) is 14.5 Å². The van der Waals surface area contributed by atoms with E-state index in [1.54, 1.807) is 6.07 Å². The standard InChI is InChI=1S/C49H34N3O.Pt/c53-47-22-11-10-19-44(47)49-51-48-43(20-12-21-46(48)52(49)42-17-8-3-9-18-42)40-30-39(37-25-23-35(24-26-37)29-34-13-4-1-5-14-34)31-41(32-40)45-33-38(27-28-50-45)36-15-6-2-7-16-36;/h1-28,30-31,33,53H,29H2;/q-1;. The van der Waals surface area contributed by atoms with Crippen LogP contribution in [0.5, 0.6) is 5.75 Å². The average Bonchev–Trinajstić information content (AvgIpc) is 3.62. The third kappa shape index (κ3) is 6.92. The molecule has 9 aromatic rings. The Labute approximate surface area is 329 Å². The van der Waals surface area contributed by atoms with Crippen molar-refractivity contribution in [3.63, 3.8) is 0 Å². The topological polar surface area (TPSA) is 50.9 Å². The van der Waals surface area contributed by atoms with Gasteiger partial charge in [-0.2, -0.15) is 0 Å². The van der Waals surface area contributed by atoms with Crippen LogP contribution in [0.3, 0.4) is 0 Å². The van der Waals surface area contributed by atoms with Gasteiger partial charge in [0.15, 0.2) is 0 Å². The van der Waals surface area contributed by atoms with Gasteiger partial charge in [0.05, 0.1) is 16.6 Å². The number of aromatic nitrogens is 3. The van der Waals surface area contributed by atoms with Gasteiger partial charge < -0.3 is 5.11 Å². The van der Waals surface area contributed by atoms with E-state index in [0.717, 1.165) is 67.8 Å². The number of hydrogen-bond donors (Lipinski definition) is 1. The van der Waals surface area contributed by atoms with Crippen molar-refractivity contribution in [2.45, 2.75) is 6.42 Å². The van der Waals surface area contributed by atoms with Crippen molar-refractivity contribution in [2.75, 3.05) is 0 Å². The molecule has 7 aromatic carbocycles. The summed E-state index contributed by atoms with van der Waals surface area (Å²) >= 11 is 0. The minimum Gasteiger partial charge on any atom is -0.507 e. The van der Waals surface area contributed by atoms with Crippen LogP contribution < -0.4 is 0 Å². The van der Waals surface area contributed by atoms with E-state index < -0.39 is 0 Å². The summed E-state index contributed by atoms with van der Waals surface area (Å²) < 4.78 is 2.12. The van der Waals surface area contributed by atoms with Crippen LogP contribution in [-0.2, 0) is 27.5 Å². The number of phenols is 1. The number of aromatic hydroxyl groups is 1. The molecule has 0 unspecified atom stereocenters. The number of benzene rings is 7. The van der Waals surface area contributed by atoms with Crippen LogP contribution in [0.2, 0.25) is 0 Å². The second kappa shape index (κ2) is 15.3. The Kier molecular flexibility index (Phi) is 9.85. The second-order valence-electron chi connectivity index (χ2n) is 13.1. The largest absolute Gasteiger partial charge is 0.507 e. The Morgan fingerprint density at radius 1 is 0.519 bits per heavy atom. The first kappa shape index (κ1) is 34.7. The summed E-state index contributed by atoms with van der Waals surface area (Å²) in [5.74, 6) is 0.844. The molecule has 9 rings (SSSR count). The Balaban J connectivity index is 0.00000413. The van der Waals surface area contributed by atoms with Gasteiger partial charge in [-0.3, -0.25) is 9.55 Å². The van der Waals surface area contributed by atoms with Crippen LogP contribution in [0, 0.1) is 6.07 Å². The van der Waals surface area contributed by atoms with E-state index in [2.05, 4.69) is 138 Å². The molecule has 0 amide bonds. The zero-order valence-corrected chi connectivity index (χ0v) is 31.5. The predicted octanol–water partition coefficient (Wildman–Crippen LogP) is 11.8. The molecular weight excluding hydrogens is 842 g/mol. The first-order valence-corrected chi connectivity index (χ1v) is 17.8. The van der Waals surface area contributed by atoms with E-state index in [-0.39, 0.29) is 26.8 Å². The van der Waals surface area contributed by atoms with E-state index in [1.165, 1.54) is 11.1 Å². The minimum absolute atomic E-state index is 0. The van der Waals surface area contributed by atoms with Gasteiger partial charge in [0, 0.05) is 38.6 Å². The van der Waals surface area contributed by atoms with E-state index >= 15 is 0 Å². The molecule has 0 radical (unpaired) electrons. The fraction of sp³-hybridized carbons (Fsp3) is 0.0204. The predicted molar refractivity (Wildman–Crippen MR) is 216 cm³/mol. The van der Waals surface area contributed by atoms with E-state index in [9.17, 15) is 5.11 Å². The fourth-order valence-corrected chi connectivity index (χ4v) is 7.05. The maximum Gasteiger partial charge on any atom is 0.148 e. The molecule has 0 spiro atoms. The summed E-state index contributed by atoms with van der Waals surface area (Å²) in [6, 6.07) is 65.9. The number of fused-ring (bicyclic) bond motifs is 1. The van der Waals surface area contributed by atoms with Crippen LogP contribution in [0.25, 0.3) is 72.7 Å². The number of phenolic OH excluding ortho intramolecular Hbond substituents is 1. The molecule has 5 heteroatoms. The monoisotopic (exact) mass is 875 g/mol. The third-order valence-electron chi connectivity index (χ3n) is 9.69. The number of nitrogens with zero attached hydrogens (tertiary/aromatic N) is 3. The molecule has 0 aliphatic heterocycles. The Hall–Kier alpha value is -6.35. The Bertz CT molecular complexity index is 2690. The van der Waals surface area contributed by atoms with Crippen LogP contribution in [0.15, 0.2) is 188 Å². The quantitative estimate of drug-likeness (QED) is 0.155. The molecule has 2 aromatic heterocycles.